The average Bonchev–Trinajstić information content (AvgIpc) is 2.98. The third kappa shape index (κ3) is 3.41. The second kappa shape index (κ2) is 7.01. The van der Waals surface area contributed by atoms with Crippen molar-refractivity contribution in [3.8, 4) is 0 Å². The minimum atomic E-state index is -1.09. The van der Waals surface area contributed by atoms with Gasteiger partial charge in [0.2, 0.25) is 0 Å². The molecule has 0 bridgehead atoms. The summed E-state index contributed by atoms with van der Waals surface area (Å²) in [5, 5.41) is 3.72. The Kier molecular flexibility index (Phi) is 4.81. The summed E-state index contributed by atoms with van der Waals surface area (Å²) < 4.78 is 28.3. The van der Waals surface area contributed by atoms with E-state index in [1.54, 1.807) is 0 Å². The van der Waals surface area contributed by atoms with E-state index in [1.165, 1.54) is 0 Å². The number of rotatable bonds is 5. The van der Waals surface area contributed by atoms with Gasteiger partial charge in [-0.25, -0.2) is 8.78 Å². The van der Waals surface area contributed by atoms with Crippen LogP contribution in [0.2, 0.25) is 5.02 Å². The van der Waals surface area contributed by atoms with Crippen molar-refractivity contribution < 1.29 is 13.6 Å². The molecule has 1 aromatic heterocycles. The summed E-state index contributed by atoms with van der Waals surface area (Å²) in [4.78, 5) is 12.0. The van der Waals surface area contributed by atoms with Crippen molar-refractivity contribution in [1.29, 1.82) is 0 Å². The average molecular weight is 349 g/mol. The SMILES string of the molecule is O=C(NCCCn1ccc2ccccc21)c1cc(F)c(F)cc1Cl. The molecule has 0 saturated carbocycles. The standard InChI is InChI=1S/C18H15ClF2N2O/c19-14-11-16(21)15(20)10-13(14)18(24)22-7-3-8-23-9-6-12-4-1-2-5-17(12)23/h1-2,4-6,9-11H,3,7-8H2,(H,22,24). The largest absolute Gasteiger partial charge is 0.352 e. The number of fused-ring (bicyclic) bond motifs is 1. The second-order valence-corrected chi connectivity index (χ2v) is 5.83. The highest BCUT2D eigenvalue weighted by atomic mass is 35.5. The van der Waals surface area contributed by atoms with Crippen molar-refractivity contribution in [2.75, 3.05) is 6.54 Å². The van der Waals surface area contributed by atoms with Gasteiger partial charge in [0.15, 0.2) is 11.6 Å². The van der Waals surface area contributed by atoms with Crippen LogP contribution in [0.1, 0.15) is 16.8 Å². The van der Waals surface area contributed by atoms with Crippen LogP contribution in [0.5, 0.6) is 0 Å². The molecule has 2 aromatic carbocycles. The molecule has 0 spiro atoms. The fraction of sp³-hybridized carbons (Fsp3) is 0.167. The lowest BCUT2D eigenvalue weighted by Crippen LogP contribution is -2.25. The summed E-state index contributed by atoms with van der Waals surface area (Å²) in [6.07, 6.45) is 2.70. The van der Waals surface area contributed by atoms with Gasteiger partial charge < -0.3 is 9.88 Å². The summed E-state index contributed by atoms with van der Waals surface area (Å²) in [5.74, 6) is -2.68. The predicted molar refractivity (Wildman–Crippen MR) is 90.3 cm³/mol. The van der Waals surface area contributed by atoms with Crippen LogP contribution in [-0.2, 0) is 6.54 Å². The molecular weight excluding hydrogens is 334 g/mol. The zero-order valence-electron chi connectivity index (χ0n) is 12.7. The molecule has 0 aliphatic rings. The molecule has 0 saturated heterocycles. The highest BCUT2D eigenvalue weighted by Crippen LogP contribution is 2.20. The van der Waals surface area contributed by atoms with E-state index in [0.29, 0.717) is 13.0 Å². The Labute approximate surface area is 142 Å². The van der Waals surface area contributed by atoms with E-state index in [2.05, 4.69) is 9.88 Å². The number of aromatic nitrogens is 1. The van der Waals surface area contributed by atoms with E-state index in [0.717, 1.165) is 29.6 Å². The normalized spacial score (nSPS) is 11.0. The number of para-hydroxylation sites is 1. The third-order valence-electron chi connectivity index (χ3n) is 3.80. The van der Waals surface area contributed by atoms with Crippen LogP contribution in [0.3, 0.4) is 0 Å². The van der Waals surface area contributed by atoms with E-state index in [1.807, 2.05) is 36.5 Å². The first-order chi connectivity index (χ1) is 11.6. The molecular formula is C18H15ClF2N2O. The van der Waals surface area contributed by atoms with Crippen LogP contribution >= 0.6 is 11.6 Å². The molecule has 1 N–H and O–H groups in total. The van der Waals surface area contributed by atoms with Crippen molar-refractivity contribution in [1.82, 2.24) is 9.88 Å². The van der Waals surface area contributed by atoms with Gasteiger partial charge in [0.25, 0.3) is 5.91 Å². The van der Waals surface area contributed by atoms with Crippen molar-refractivity contribution >= 4 is 28.4 Å². The quantitative estimate of drug-likeness (QED) is 0.538. The van der Waals surface area contributed by atoms with E-state index >= 15 is 0 Å². The second-order valence-electron chi connectivity index (χ2n) is 5.42. The van der Waals surface area contributed by atoms with Gasteiger partial charge >= 0.3 is 0 Å². The van der Waals surface area contributed by atoms with E-state index < -0.39 is 17.5 Å². The smallest absolute Gasteiger partial charge is 0.252 e. The van der Waals surface area contributed by atoms with Gasteiger partial charge in [-0.05, 0) is 36.1 Å². The number of hydrogen-bond donors (Lipinski definition) is 1. The summed E-state index contributed by atoms with van der Waals surface area (Å²) >= 11 is 5.78. The maximum absolute atomic E-state index is 13.2. The van der Waals surface area contributed by atoms with Gasteiger partial charge in [0.1, 0.15) is 0 Å². The zero-order valence-corrected chi connectivity index (χ0v) is 13.5. The number of carbonyl (C=O) groups excluding carboxylic acids is 1. The number of benzene rings is 2. The molecule has 3 rings (SSSR count). The summed E-state index contributed by atoms with van der Waals surface area (Å²) in [7, 11) is 0. The van der Waals surface area contributed by atoms with Crippen molar-refractivity contribution in [2.45, 2.75) is 13.0 Å². The highest BCUT2D eigenvalue weighted by Gasteiger charge is 2.14. The Hall–Kier alpha value is -2.40. The monoisotopic (exact) mass is 348 g/mol. The topological polar surface area (TPSA) is 34.0 Å². The first kappa shape index (κ1) is 16.5. The molecule has 1 heterocycles. The lowest BCUT2D eigenvalue weighted by molar-refractivity contribution is 0.0952. The number of amides is 1. The van der Waals surface area contributed by atoms with Gasteiger partial charge in [-0.1, -0.05) is 29.8 Å². The van der Waals surface area contributed by atoms with Crippen molar-refractivity contribution in [3.05, 3.63) is 70.9 Å². The van der Waals surface area contributed by atoms with Crippen LogP contribution in [0, 0.1) is 11.6 Å². The zero-order chi connectivity index (χ0) is 17.1. The third-order valence-corrected chi connectivity index (χ3v) is 4.11. The molecule has 24 heavy (non-hydrogen) atoms. The van der Waals surface area contributed by atoms with Crippen molar-refractivity contribution in [3.63, 3.8) is 0 Å². The Bertz CT molecular complexity index is 892. The molecule has 3 nitrogen and oxygen atoms in total. The lowest BCUT2D eigenvalue weighted by atomic mass is 10.2. The maximum Gasteiger partial charge on any atom is 0.252 e. The Balaban J connectivity index is 1.57. The molecule has 1 amide bonds. The molecule has 0 unspecified atom stereocenters. The first-order valence-corrected chi connectivity index (χ1v) is 7.90. The van der Waals surface area contributed by atoms with Gasteiger partial charge in [-0.15, -0.1) is 0 Å². The van der Waals surface area contributed by atoms with Crippen LogP contribution < -0.4 is 5.32 Å². The Morgan fingerprint density at radius 2 is 1.88 bits per heavy atom. The number of hydrogen-bond acceptors (Lipinski definition) is 1. The molecule has 124 valence electrons. The first-order valence-electron chi connectivity index (χ1n) is 7.53. The predicted octanol–water partition coefficient (Wildman–Crippen LogP) is 4.39. The van der Waals surface area contributed by atoms with Gasteiger partial charge in [-0.3, -0.25) is 4.79 Å². The molecule has 0 radical (unpaired) electrons. The van der Waals surface area contributed by atoms with Gasteiger partial charge in [0, 0.05) is 24.8 Å². The number of halogens is 3. The number of nitrogens with one attached hydrogen (secondary N) is 1. The molecule has 0 aliphatic heterocycles. The molecule has 0 atom stereocenters. The van der Waals surface area contributed by atoms with Crippen molar-refractivity contribution in [2.24, 2.45) is 0 Å². The molecule has 0 aliphatic carbocycles. The fourth-order valence-electron chi connectivity index (χ4n) is 2.58. The van der Waals surface area contributed by atoms with Crippen LogP contribution in [0.4, 0.5) is 8.78 Å². The van der Waals surface area contributed by atoms with Crippen LogP contribution in [-0.4, -0.2) is 17.0 Å². The highest BCUT2D eigenvalue weighted by molar-refractivity contribution is 6.33. The van der Waals surface area contributed by atoms with Crippen LogP contribution in [0.15, 0.2) is 48.7 Å². The summed E-state index contributed by atoms with van der Waals surface area (Å²) in [6, 6.07) is 11.7. The van der Waals surface area contributed by atoms with Gasteiger partial charge in [-0.2, -0.15) is 0 Å². The molecule has 3 aromatic rings. The summed E-state index contributed by atoms with van der Waals surface area (Å²) in [6.45, 7) is 1.14. The Morgan fingerprint density at radius 3 is 2.71 bits per heavy atom. The fourth-order valence-corrected chi connectivity index (χ4v) is 2.81. The lowest BCUT2D eigenvalue weighted by Gasteiger charge is -2.09. The van der Waals surface area contributed by atoms with E-state index in [-0.39, 0.29) is 10.6 Å². The summed E-state index contributed by atoms with van der Waals surface area (Å²) in [5.41, 5.74) is 1.06. The molecule has 0 fully saturated rings. The number of carbonyl (C=O) groups is 1. The van der Waals surface area contributed by atoms with E-state index in [9.17, 15) is 13.6 Å². The van der Waals surface area contributed by atoms with E-state index in [4.69, 9.17) is 11.6 Å². The molecule has 6 heteroatoms. The minimum Gasteiger partial charge on any atom is -0.352 e. The minimum absolute atomic E-state index is 0.0676. The number of nitrogens with zero attached hydrogens (tertiary/aromatic N) is 1. The van der Waals surface area contributed by atoms with Crippen LogP contribution in [0.25, 0.3) is 10.9 Å². The van der Waals surface area contributed by atoms with Gasteiger partial charge in [0.05, 0.1) is 10.6 Å². The Morgan fingerprint density at radius 1 is 1.12 bits per heavy atom. The number of aryl methyl sites for hydroxylation is 1. The maximum atomic E-state index is 13.2.